The highest BCUT2D eigenvalue weighted by molar-refractivity contribution is 7.80. The zero-order valence-electron chi connectivity index (χ0n) is 10.3. The molecular formula is C13H17N3OS. The number of carbonyl (C=O) groups is 1. The van der Waals surface area contributed by atoms with Gasteiger partial charge in [-0.1, -0.05) is 18.3 Å². The molecule has 4 nitrogen and oxygen atoms in total. The van der Waals surface area contributed by atoms with Gasteiger partial charge < -0.3 is 16.4 Å². The van der Waals surface area contributed by atoms with Crippen LogP contribution in [0.15, 0.2) is 18.2 Å². The predicted molar refractivity (Wildman–Crippen MR) is 76.7 cm³/mol. The number of hydrogen-bond acceptors (Lipinski definition) is 3. The first-order valence-electron chi connectivity index (χ1n) is 6.00. The normalized spacial score (nSPS) is 19.2. The Morgan fingerprint density at radius 3 is 2.94 bits per heavy atom. The van der Waals surface area contributed by atoms with Crippen LogP contribution in [0.1, 0.15) is 24.0 Å². The maximum atomic E-state index is 11.1. The minimum Gasteiger partial charge on any atom is -0.389 e. The van der Waals surface area contributed by atoms with Gasteiger partial charge in [-0.15, -0.1) is 0 Å². The summed E-state index contributed by atoms with van der Waals surface area (Å²) in [4.78, 5) is 11.5. The summed E-state index contributed by atoms with van der Waals surface area (Å²) < 4.78 is 0. The highest BCUT2D eigenvalue weighted by Gasteiger charge is 2.18. The summed E-state index contributed by atoms with van der Waals surface area (Å²) in [6, 6.07) is 6.19. The molecule has 1 aromatic rings. The number of anilines is 1. The third-order valence-corrected chi connectivity index (χ3v) is 3.29. The van der Waals surface area contributed by atoms with Gasteiger partial charge in [0.2, 0.25) is 5.91 Å². The second-order valence-electron chi connectivity index (χ2n) is 4.60. The van der Waals surface area contributed by atoms with Gasteiger partial charge in [-0.05, 0) is 31.0 Å². The molecule has 0 bridgehead atoms. The maximum absolute atomic E-state index is 11.1. The third-order valence-electron chi connectivity index (χ3n) is 3.07. The van der Waals surface area contributed by atoms with Gasteiger partial charge in [0.1, 0.15) is 4.99 Å². The highest BCUT2D eigenvalue weighted by atomic mass is 32.1. The number of thiocarbonyl (C=S) groups is 1. The molecule has 96 valence electrons. The van der Waals surface area contributed by atoms with Crippen LogP contribution in [-0.2, 0) is 4.79 Å². The molecule has 1 heterocycles. The van der Waals surface area contributed by atoms with Crippen molar-refractivity contribution in [1.82, 2.24) is 5.32 Å². The number of piperidine rings is 1. The van der Waals surface area contributed by atoms with Crippen LogP contribution >= 0.6 is 12.2 Å². The molecule has 18 heavy (non-hydrogen) atoms. The van der Waals surface area contributed by atoms with Crippen LogP contribution < -0.4 is 16.4 Å². The average Bonchev–Trinajstić information content (AvgIpc) is 2.32. The van der Waals surface area contributed by atoms with Gasteiger partial charge in [-0.2, -0.15) is 0 Å². The van der Waals surface area contributed by atoms with E-state index in [1.165, 1.54) is 0 Å². The van der Waals surface area contributed by atoms with Gasteiger partial charge in [0.15, 0.2) is 0 Å². The van der Waals surface area contributed by atoms with E-state index in [0.717, 1.165) is 23.2 Å². The molecule has 1 fully saturated rings. The number of aryl methyl sites for hydroxylation is 1. The van der Waals surface area contributed by atoms with Crippen LogP contribution in [0.3, 0.4) is 0 Å². The molecule has 0 radical (unpaired) electrons. The van der Waals surface area contributed by atoms with E-state index in [1.807, 2.05) is 25.1 Å². The van der Waals surface area contributed by atoms with Crippen LogP contribution in [0.25, 0.3) is 0 Å². The predicted octanol–water partition coefficient (Wildman–Crippen LogP) is 1.32. The molecule has 4 N–H and O–H groups in total. The van der Waals surface area contributed by atoms with Gasteiger partial charge in [-0.25, -0.2) is 0 Å². The summed E-state index contributed by atoms with van der Waals surface area (Å²) in [5.74, 6) is 0.117. The molecule has 1 unspecified atom stereocenters. The number of nitrogens with two attached hydrogens (primary N) is 1. The van der Waals surface area contributed by atoms with E-state index < -0.39 is 0 Å². The van der Waals surface area contributed by atoms with Crippen molar-refractivity contribution in [1.29, 1.82) is 0 Å². The average molecular weight is 263 g/mol. The number of hydrogen-bond donors (Lipinski definition) is 3. The van der Waals surface area contributed by atoms with Crippen LogP contribution in [0.4, 0.5) is 5.69 Å². The van der Waals surface area contributed by atoms with Crippen molar-refractivity contribution in [3.05, 3.63) is 29.3 Å². The molecule has 0 spiro atoms. The van der Waals surface area contributed by atoms with Crippen molar-refractivity contribution in [2.24, 2.45) is 5.73 Å². The zero-order valence-corrected chi connectivity index (χ0v) is 11.1. The Morgan fingerprint density at radius 1 is 1.56 bits per heavy atom. The lowest BCUT2D eigenvalue weighted by Gasteiger charge is -2.25. The lowest BCUT2D eigenvalue weighted by molar-refractivity contribution is -0.122. The van der Waals surface area contributed by atoms with Crippen LogP contribution in [0.5, 0.6) is 0 Å². The molecule has 1 aromatic carbocycles. The fourth-order valence-electron chi connectivity index (χ4n) is 2.07. The summed E-state index contributed by atoms with van der Waals surface area (Å²) in [6.45, 7) is 2.67. The molecule has 1 saturated heterocycles. The first kappa shape index (κ1) is 12.8. The van der Waals surface area contributed by atoms with Gasteiger partial charge in [-0.3, -0.25) is 4.79 Å². The Kier molecular flexibility index (Phi) is 3.81. The van der Waals surface area contributed by atoms with Crippen LogP contribution in [0.2, 0.25) is 0 Å². The minimum atomic E-state index is 0.117. The highest BCUT2D eigenvalue weighted by Crippen LogP contribution is 2.20. The Balaban J connectivity index is 2.15. The molecule has 1 atom stereocenters. The van der Waals surface area contributed by atoms with Crippen molar-refractivity contribution < 1.29 is 4.79 Å². The summed E-state index contributed by atoms with van der Waals surface area (Å²) in [5, 5.41) is 6.26. The van der Waals surface area contributed by atoms with Gasteiger partial charge in [0.05, 0.1) is 0 Å². The summed E-state index contributed by atoms with van der Waals surface area (Å²) in [6.07, 6.45) is 1.39. The van der Waals surface area contributed by atoms with Crippen molar-refractivity contribution in [3.8, 4) is 0 Å². The van der Waals surface area contributed by atoms with E-state index in [1.54, 1.807) is 0 Å². The first-order chi connectivity index (χ1) is 8.56. The van der Waals surface area contributed by atoms with E-state index in [2.05, 4.69) is 10.6 Å². The summed E-state index contributed by atoms with van der Waals surface area (Å²) in [5.41, 5.74) is 8.67. The van der Waals surface area contributed by atoms with E-state index in [-0.39, 0.29) is 11.9 Å². The van der Waals surface area contributed by atoms with E-state index in [9.17, 15) is 4.79 Å². The lowest BCUT2D eigenvalue weighted by atomic mass is 10.0. The zero-order chi connectivity index (χ0) is 13.1. The first-order valence-corrected chi connectivity index (χ1v) is 6.41. The van der Waals surface area contributed by atoms with E-state index in [4.69, 9.17) is 18.0 Å². The Morgan fingerprint density at radius 2 is 2.33 bits per heavy atom. The quantitative estimate of drug-likeness (QED) is 0.720. The molecule has 5 heteroatoms. The second kappa shape index (κ2) is 5.35. The molecule has 2 rings (SSSR count). The topological polar surface area (TPSA) is 67.1 Å². The van der Waals surface area contributed by atoms with Crippen molar-refractivity contribution in [2.75, 3.05) is 11.9 Å². The molecule has 1 aliphatic rings. The standard InChI is InChI=1S/C13H17N3OS/c1-8-2-4-10(13(14)18)11(6-8)16-9-3-5-12(17)15-7-9/h2,4,6,9,16H,3,5,7H2,1H3,(H2,14,18)(H,15,17). The van der Waals surface area contributed by atoms with Crippen molar-refractivity contribution in [3.63, 3.8) is 0 Å². The fraction of sp³-hybridized carbons (Fsp3) is 0.385. The Labute approximate surface area is 112 Å². The molecule has 0 aromatic heterocycles. The number of rotatable bonds is 3. The number of amides is 1. The van der Waals surface area contributed by atoms with E-state index in [0.29, 0.717) is 18.0 Å². The molecular weight excluding hydrogens is 246 g/mol. The molecule has 0 saturated carbocycles. The minimum absolute atomic E-state index is 0.117. The van der Waals surface area contributed by atoms with Crippen molar-refractivity contribution in [2.45, 2.75) is 25.8 Å². The van der Waals surface area contributed by atoms with Crippen LogP contribution in [0, 0.1) is 6.92 Å². The van der Waals surface area contributed by atoms with Crippen LogP contribution in [-0.4, -0.2) is 23.5 Å². The van der Waals surface area contributed by atoms with Gasteiger partial charge in [0, 0.05) is 30.3 Å². The van der Waals surface area contributed by atoms with Gasteiger partial charge in [0.25, 0.3) is 0 Å². The number of benzene rings is 1. The fourth-order valence-corrected chi connectivity index (χ4v) is 2.25. The third kappa shape index (κ3) is 2.98. The SMILES string of the molecule is Cc1ccc(C(N)=S)c(NC2CCC(=O)NC2)c1. The lowest BCUT2D eigenvalue weighted by Crippen LogP contribution is -2.42. The summed E-state index contributed by atoms with van der Waals surface area (Å²) >= 11 is 5.05. The number of nitrogens with one attached hydrogen (secondary N) is 2. The summed E-state index contributed by atoms with van der Waals surface area (Å²) in [7, 11) is 0. The van der Waals surface area contributed by atoms with Gasteiger partial charge >= 0.3 is 0 Å². The molecule has 0 aliphatic carbocycles. The molecule has 1 amide bonds. The Hall–Kier alpha value is -1.62. The monoisotopic (exact) mass is 263 g/mol. The molecule has 1 aliphatic heterocycles. The Bertz CT molecular complexity index is 477. The van der Waals surface area contributed by atoms with Crippen molar-refractivity contribution >= 4 is 28.8 Å². The largest absolute Gasteiger partial charge is 0.389 e. The number of carbonyl (C=O) groups excluding carboxylic acids is 1. The second-order valence-corrected chi connectivity index (χ2v) is 5.04. The smallest absolute Gasteiger partial charge is 0.220 e. The maximum Gasteiger partial charge on any atom is 0.220 e. The van der Waals surface area contributed by atoms with E-state index >= 15 is 0 Å².